The first-order valence-corrected chi connectivity index (χ1v) is 10.8. The lowest BCUT2D eigenvalue weighted by Gasteiger charge is -2.03. The molecule has 8 nitrogen and oxygen atoms in total. The molecule has 31 heavy (non-hydrogen) atoms. The largest absolute Gasteiger partial charge is 0.497 e. The van der Waals surface area contributed by atoms with Gasteiger partial charge in [-0.25, -0.2) is 9.37 Å². The molecule has 3 aromatic rings. The number of carbonyl (C=O) groups excluding carboxylic acids is 1. The average molecular weight is 448 g/mol. The van der Waals surface area contributed by atoms with Crippen LogP contribution < -0.4 is 15.8 Å². The Morgan fingerprint density at radius 3 is 2.97 bits per heavy atom. The van der Waals surface area contributed by atoms with Crippen LogP contribution in [0.15, 0.2) is 36.0 Å². The molecule has 1 atom stereocenters. The number of thiazole rings is 1. The number of hydrogen-bond donors (Lipinski definition) is 2. The van der Waals surface area contributed by atoms with E-state index in [9.17, 15) is 9.18 Å². The quantitative estimate of drug-likeness (QED) is 0.635. The van der Waals surface area contributed by atoms with Gasteiger partial charge < -0.3 is 20.5 Å². The van der Waals surface area contributed by atoms with Crippen molar-refractivity contribution in [3.05, 3.63) is 47.5 Å². The van der Waals surface area contributed by atoms with Gasteiger partial charge in [-0.15, -0.1) is 11.3 Å². The Morgan fingerprint density at radius 1 is 1.39 bits per heavy atom. The Bertz CT molecular complexity index is 999. The molecule has 2 aromatic heterocycles. The number of aromatic nitrogens is 3. The Hall–Kier alpha value is -2.82. The maximum atomic E-state index is 14.0. The second-order valence-electron chi connectivity index (χ2n) is 7.04. The number of anilines is 1. The molecular weight excluding hydrogens is 421 g/mol. The minimum Gasteiger partial charge on any atom is -0.497 e. The molecule has 1 aromatic carbocycles. The lowest BCUT2D eigenvalue weighted by molar-refractivity contribution is 0.102. The number of benzene rings is 1. The highest BCUT2D eigenvalue weighted by Gasteiger charge is 2.15. The van der Waals surface area contributed by atoms with Crippen molar-refractivity contribution in [2.75, 3.05) is 25.6 Å². The molecule has 0 saturated carbocycles. The fourth-order valence-electron chi connectivity index (χ4n) is 2.91. The molecule has 1 saturated heterocycles. The Labute approximate surface area is 184 Å². The Kier molecular flexibility index (Phi) is 8.10. The van der Waals surface area contributed by atoms with Crippen LogP contribution in [0.2, 0.25) is 0 Å². The van der Waals surface area contributed by atoms with Gasteiger partial charge in [0.1, 0.15) is 22.3 Å². The smallest absolute Gasteiger partial charge is 0.275 e. The summed E-state index contributed by atoms with van der Waals surface area (Å²) in [6.07, 6.45) is 6.53. The van der Waals surface area contributed by atoms with Gasteiger partial charge in [-0.05, 0) is 37.5 Å². The summed E-state index contributed by atoms with van der Waals surface area (Å²) in [7, 11) is 3.26. The monoisotopic (exact) mass is 447 g/mol. The molecular formula is C21H26FN5O3S. The summed E-state index contributed by atoms with van der Waals surface area (Å²) in [4.78, 5) is 16.4. The zero-order valence-electron chi connectivity index (χ0n) is 17.5. The van der Waals surface area contributed by atoms with E-state index in [2.05, 4.69) is 15.4 Å². The molecule has 3 heterocycles. The highest BCUT2D eigenvalue weighted by atomic mass is 32.1. The summed E-state index contributed by atoms with van der Waals surface area (Å²) in [5.74, 6) is -0.263. The van der Waals surface area contributed by atoms with E-state index in [0.717, 1.165) is 32.5 Å². The summed E-state index contributed by atoms with van der Waals surface area (Å²) in [5, 5.41) is 8.65. The highest BCUT2D eigenvalue weighted by molar-refractivity contribution is 7.13. The van der Waals surface area contributed by atoms with Crippen molar-refractivity contribution in [1.29, 1.82) is 0 Å². The van der Waals surface area contributed by atoms with Gasteiger partial charge in [-0.2, -0.15) is 5.10 Å². The Morgan fingerprint density at radius 2 is 2.23 bits per heavy atom. The number of ether oxygens (including phenoxy) is 2. The second-order valence-corrected chi connectivity index (χ2v) is 7.90. The van der Waals surface area contributed by atoms with Crippen LogP contribution in [-0.2, 0) is 11.8 Å². The summed E-state index contributed by atoms with van der Waals surface area (Å²) >= 11 is 1.19. The van der Waals surface area contributed by atoms with E-state index in [1.54, 1.807) is 29.4 Å². The first-order chi connectivity index (χ1) is 15.0. The third-order valence-electron chi connectivity index (χ3n) is 4.60. The molecule has 1 aliphatic rings. The van der Waals surface area contributed by atoms with Crippen LogP contribution in [0.1, 0.15) is 29.8 Å². The molecule has 10 heteroatoms. The minimum atomic E-state index is -0.417. The molecule has 1 aliphatic heterocycles. The van der Waals surface area contributed by atoms with E-state index in [0.29, 0.717) is 28.0 Å². The van der Waals surface area contributed by atoms with Crippen LogP contribution in [0.5, 0.6) is 5.75 Å². The van der Waals surface area contributed by atoms with Crippen LogP contribution in [0, 0.1) is 5.82 Å². The summed E-state index contributed by atoms with van der Waals surface area (Å²) in [5.41, 5.74) is 6.74. The molecule has 0 spiro atoms. The van der Waals surface area contributed by atoms with Crippen molar-refractivity contribution in [3.63, 3.8) is 0 Å². The maximum Gasteiger partial charge on any atom is 0.275 e. The van der Waals surface area contributed by atoms with Gasteiger partial charge >= 0.3 is 0 Å². The fraction of sp³-hybridized carbons (Fsp3) is 0.381. The molecule has 166 valence electrons. The number of hydrogen-bond acceptors (Lipinski definition) is 7. The van der Waals surface area contributed by atoms with Crippen LogP contribution in [0.4, 0.5) is 10.1 Å². The number of carbonyl (C=O) groups is 1. The normalized spacial score (nSPS) is 16.1. The number of aryl methyl sites for hydroxylation is 1. The summed E-state index contributed by atoms with van der Waals surface area (Å²) < 4.78 is 25.8. The molecule has 3 N–H and O–H groups in total. The predicted molar refractivity (Wildman–Crippen MR) is 118 cm³/mol. The van der Waals surface area contributed by atoms with Gasteiger partial charge in [0, 0.05) is 43.4 Å². The minimum absolute atomic E-state index is 0.219. The molecule has 0 aliphatic carbocycles. The maximum absolute atomic E-state index is 14.0. The topological polar surface area (TPSA) is 104 Å². The first-order valence-electron chi connectivity index (χ1n) is 9.89. The van der Waals surface area contributed by atoms with Crippen LogP contribution in [0.25, 0.3) is 10.6 Å². The van der Waals surface area contributed by atoms with Crippen LogP contribution >= 0.6 is 11.3 Å². The molecule has 1 amide bonds. The number of nitrogens with two attached hydrogens (primary N) is 1. The number of nitrogens with zero attached hydrogens (tertiary/aromatic N) is 3. The number of halogens is 1. The third kappa shape index (κ3) is 6.58. The van der Waals surface area contributed by atoms with Crippen molar-refractivity contribution in [1.82, 2.24) is 14.8 Å². The average Bonchev–Trinajstić information content (AvgIpc) is 3.34. The fourth-order valence-corrected chi connectivity index (χ4v) is 3.72. The lowest BCUT2D eigenvalue weighted by Crippen LogP contribution is -2.19. The van der Waals surface area contributed by atoms with Crippen molar-refractivity contribution in [2.24, 2.45) is 12.8 Å². The van der Waals surface area contributed by atoms with Gasteiger partial charge in [0.25, 0.3) is 5.91 Å². The van der Waals surface area contributed by atoms with Crippen molar-refractivity contribution in [3.8, 4) is 16.3 Å². The predicted octanol–water partition coefficient (Wildman–Crippen LogP) is 3.46. The van der Waals surface area contributed by atoms with Gasteiger partial charge in [-0.3, -0.25) is 9.48 Å². The van der Waals surface area contributed by atoms with E-state index in [1.165, 1.54) is 36.8 Å². The molecule has 1 fully saturated rings. The first kappa shape index (κ1) is 22.9. The van der Waals surface area contributed by atoms with E-state index in [-0.39, 0.29) is 11.6 Å². The molecule has 4 rings (SSSR count). The Balaban J connectivity index is 0.000000287. The van der Waals surface area contributed by atoms with E-state index < -0.39 is 5.82 Å². The summed E-state index contributed by atoms with van der Waals surface area (Å²) in [6, 6.07) is 4.79. The summed E-state index contributed by atoms with van der Waals surface area (Å²) in [6.45, 7) is 1.77. The SMILES string of the molecule is COc1ccc(F)c(-c2nc(C(=O)Nc3cnn(C)c3)cs2)c1.N[C@@H]1CCCOCC1. The van der Waals surface area contributed by atoms with E-state index in [1.807, 2.05) is 0 Å². The van der Waals surface area contributed by atoms with Crippen molar-refractivity contribution in [2.45, 2.75) is 25.3 Å². The van der Waals surface area contributed by atoms with Gasteiger partial charge in [0.2, 0.25) is 0 Å². The zero-order chi connectivity index (χ0) is 22.2. The van der Waals surface area contributed by atoms with E-state index in [4.69, 9.17) is 15.2 Å². The van der Waals surface area contributed by atoms with Crippen LogP contribution in [-0.4, -0.2) is 47.0 Å². The van der Waals surface area contributed by atoms with Gasteiger partial charge in [-0.1, -0.05) is 0 Å². The molecule has 0 bridgehead atoms. The third-order valence-corrected chi connectivity index (χ3v) is 5.48. The molecule has 0 unspecified atom stereocenters. The van der Waals surface area contributed by atoms with Gasteiger partial charge in [0.05, 0.1) is 19.0 Å². The van der Waals surface area contributed by atoms with E-state index >= 15 is 0 Å². The van der Waals surface area contributed by atoms with Crippen molar-refractivity contribution < 1.29 is 18.7 Å². The number of rotatable bonds is 4. The number of amides is 1. The number of methoxy groups -OCH3 is 1. The molecule has 0 radical (unpaired) electrons. The van der Waals surface area contributed by atoms with Crippen LogP contribution in [0.3, 0.4) is 0 Å². The van der Waals surface area contributed by atoms with Crippen molar-refractivity contribution >= 4 is 22.9 Å². The highest BCUT2D eigenvalue weighted by Crippen LogP contribution is 2.29. The number of nitrogens with one attached hydrogen (secondary N) is 1. The standard InChI is InChI=1S/C15H13FN4O2S.C6H13NO/c1-20-7-9(6-17-20)18-14(21)13-8-23-15(19-13)11-5-10(22-2)3-4-12(11)16;7-6-2-1-4-8-5-3-6/h3-8H,1-2H3,(H,18,21);6H,1-5,7H2/t;6-/m.1/s1. The second kappa shape index (κ2) is 11.0. The van der Waals surface area contributed by atoms with Gasteiger partial charge in [0.15, 0.2) is 0 Å². The lowest BCUT2D eigenvalue weighted by atomic mass is 10.1. The zero-order valence-corrected chi connectivity index (χ0v) is 18.3.